The smallest absolute Gasteiger partial charge is 0.250 e. The molecule has 21 heavy (non-hydrogen) atoms. The molecule has 6 heteroatoms. The van der Waals surface area contributed by atoms with Crippen LogP contribution in [-0.2, 0) is 14.3 Å². The van der Waals surface area contributed by atoms with Gasteiger partial charge in [0.25, 0.3) is 0 Å². The lowest BCUT2D eigenvalue weighted by atomic mass is 9.99. The molecule has 0 bridgehead atoms. The van der Waals surface area contributed by atoms with Gasteiger partial charge in [-0.3, -0.25) is 9.59 Å². The van der Waals surface area contributed by atoms with Crippen LogP contribution in [-0.4, -0.2) is 48.3 Å². The standard InChI is InChI=1S/C15H28N2O4/c1-9(2)7-12(14(19)16-5-6-18)17-15(20)13-10(3)8-11(4)21-13/h9-13,18H,5-8H2,1-4H3,(H,16,19)(H,17,20)/t10?,11?,12-,13?/m0/s1. The summed E-state index contributed by atoms with van der Waals surface area (Å²) in [5, 5.41) is 14.2. The third-order valence-corrected chi connectivity index (χ3v) is 3.61. The Balaban J connectivity index is 2.62. The van der Waals surface area contributed by atoms with E-state index in [0.29, 0.717) is 6.42 Å². The molecular formula is C15H28N2O4. The molecule has 0 aromatic carbocycles. The van der Waals surface area contributed by atoms with E-state index in [1.54, 1.807) is 0 Å². The van der Waals surface area contributed by atoms with Crippen molar-refractivity contribution in [3.63, 3.8) is 0 Å². The van der Waals surface area contributed by atoms with Crippen LogP contribution in [0.15, 0.2) is 0 Å². The summed E-state index contributed by atoms with van der Waals surface area (Å²) >= 11 is 0. The lowest BCUT2D eigenvalue weighted by molar-refractivity contribution is -0.137. The number of rotatable bonds is 7. The number of aliphatic hydroxyl groups is 1. The summed E-state index contributed by atoms with van der Waals surface area (Å²) in [6, 6.07) is -0.587. The summed E-state index contributed by atoms with van der Waals surface area (Å²) < 4.78 is 5.62. The number of amides is 2. The van der Waals surface area contributed by atoms with Gasteiger partial charge in [0.05, 0.1) is 12.7 Å². The van der Waals surface area contributed by atoms with Crippen LogP contribution >= 0.6 is 0 Å². The molecule has 6 nitrogen and oxygen atoms in total. The van der Waals surface area contributed by atoms with Gasteiger partial charge in [-0.15, -0.1) is 0 Å². The van der Waals surface area contributed by atoms with Crippen molar-refractivity contribution in [3.8, 4) is 0 Å². The first kappa shape index (κ1) is 17.9. The zero-order chi connectivity index (χ0) is 16.0. The Kier molecular flexibility index (Phi) is 7.11. The maximum absolute atomic E-state index is 12.3. The Morgan fingerprint density at radius 1 is 1.33 bits per heavy atom. The SMILES string of the molecule is CC(C)C[C@H](NC(=O)C1OC(C)CC1C)C(=O)NCCO. The maximum atomic E-state index is 12.3. The van der Waals surface area contributed by atoms with E-state index >= 15 is 0 Å². The molecule has 1 fully saturated rings. The highest BCUT2D eigenvalue weighted by atomic mass is 16.5. The molecule has 1 aliphatic heterocycles. The predicted octanol–water partition coefficient (Wildman–Crippen LogP) is 0.439. The Bertz CT molecular complexity index is 360. The lowest BCUT2D eigenvalue weighted by Crippen LogP contribution is -2.51. The molecule has 3 unspecified atom stereocenters. The molecule has 1 rings (SSSR count). The van der Waals surface area contributed by atoms with Crippen LogP contribution in [0.2, 0.25) is 0 Å². The molecule has 3 N–H and O–H groups in total. The van der Waals surface area contributed by atoms with Crippen LogP contribution in [0.4, 0.5) is 0 Å². The molecule has 2 amide bonds. The van der Waals surface area contributed by atoms with Crippen LogP contribution in [0.3, 0.4) is 0 Å². The first-order chi connectivity index (χ1) is 9.85. The van der Waals surface area contributed by atoms with Gasteiger partial charge < -0.3 is 20.5 Å². The first-order valence-electron chi connectivity index (χ1n) is 7.69. The van der Waals surface area contributed by atoms with Crippen molar-refractivity contribution < 1.29 is 19.4 Å². The monoisotopic (exact) mass is 300 g/mol. The predicted molar refractivity (Wildman–Crippen MR) is 79.6 cm³/mol. The van der Waals surface area contributed by atoms with Gasteiger partial charge in [0.15, 0.2) is 0 Å². The number of carbonyl (C=O) groups is 2. The van der Waals surface area contributed by atoms with Gasteiger partial charge in [-0.25, -0.2) is 0 Å². The second-order valence-corrected chi connectivity index (χ2v) is 6.29. The third-order valence-electron chi connectivity index (χ3n) is 3.61. The molecule has 0 spiro atoms. The van der Waals surface area contributed by atoms with Crippen molar-refractivity contribution in [3.05, 3.63) is 0 Å². The number of hydrogen-bond donors (Lipinski definition) is 3. The van der Waals surface area contributed by atoms with E-state index in [1.165, 1.54) is 0 Å². The van der Waals surface area contributed by atoms with Crippen LogP contribution in [0.1, 0.15) is 40.5 Å². The van der Waals surface area contributed by atoms with Crippen molar-refractivity contribution in [2.24, 2.45) is 11.8 Å². The minimum Gasteiger partial charge on any atom is -0.395 e. The number of ether oxygens (including phenoxy) is 1. The number of nitrogens with one attached hydrogen (secondary N) is 2. The van der Waals surface area contributed by atoms with Crippen LogP contribution in [0.25, 0.3) is 0 Å². The van der Waals surface area contributed by atoms with Crippen LogP contribution in [0.5, 0.6) is 0 Å². The van der Waals surface area contributed by atoms with E-state index < -0.39 is 12.1 Å². The fourth-order valence-electron chi connectivity index (χ4n) is 2.67. The van der Waals surface area contributed by atoms with Gasteiger partial charge in [-0.2, -0.15) is 0 Å². The molecule has 0 radical (unpaired) electrons. The molecule has 0 aromatic heterocycles. The fourth-order valence-corrected chi connectivity index (χ4v) is 2.67. The molecule has 1 aliphatic rings. The number of aliphatic hydroxyl groups excluding tert-OH is 1. The lowest BCUT2D eigenvalue weighted by Gasteiger charge is -2.23. The molecule has 1 saturated heterocycles. The summed E-state index contributed by atoms with van der Waals surface area (Å²) in [5.41, 5.74) is 0. The van der Waals surface area contributed by atoms with Gasteiger partial charge in [0.1, 0.15) is 12.1 Å². The van der Waals surface area contributed by atoms with E-state index in [1.807, 2.05) is 27.7 Å². The van der Waals surface area contributed by atoms with E-state index in [4.69, 9.17) is 9.84 Å². The van der Waals surface area contributed by atoms with Crippen molar-refractivity contribution in [2.45, 2.75) is 58.8 Å². The summed E-state index contributed by atoms with van der Waals surface area (Å²) in [7, 11) is 0. The molecule has 1 heterocycles. The average Bonchev–Trinajstić information content (AvgIpc) is 2.73. The highest BCUT2D eigenvalue weighted by Crippen LogP contribution is 2.26. The zero-order valence-corrected chi connectivity index (χ0v) is 13.4. The van der Waals surface area contributed by atoms with E-state index in [9.17, 15) is 9.59 Å². The van der Waals surface area contributed by atoms with Gasteiger partial charge in [-0.05, 0) is 31.6 Å². The first-order valence-corrected chi connectivity index (χ1v) is 7.69. The average molecular weight is 300 g/mol. The van der Waals surface area contributed by atoms with Gasteiger partial charge >= 0.3 is 0 Å². The Morgan fingerprint density at radius 2 is 2.00 bits per heavy atom. The summed E-state index contributed by atoms with van der Waals surface area (Å²) in [5.74, 6) is -0.0577. The maximum Gasteiger partial charge on any atom is 0.250 e. The zero-order valence-electron chi connectivity index (χ0n) is 13.4. The van der Waals surface area contributed by atoms with Crippen LogP contribution < -0.4 is 10.6 Å². The van der Waals surface area contributed by atoms with Crippen molar-refractivity contribution in [2.75, 3.05) is 13.2 Å². The van der Waals surface area contributed by atoms with Gasteiger partial charge in [0.2, 0.25) is 11.8 Å². The molecule has 122 valence electrons. The van der Waals surface area contributed by atoms with E-state index in [0.717, 1.165) is 6.42 Å². The van der Waals surface area contributed by atoms with Gasteiger partial charge in [-0.1, -0.05) is 20.8 Å². The minimum absolute atomic E-state index is 0.0718. The summed E-state index contributed by atoms with van der Waals surface area (Å²) in [6.07, 6.45) is 0.992. The minimum atomic E-state index is -0.587. The molecule has 0 saturated carbocycles. The highest BCUT2D eigenvalue weighted by molar-refractivity contribution is 5.89. The van der Waals surface area contributed by atoms with E-state index in [2.05, 4.69) is 10.6 Å². The summed E-state index contributed by atoms with van der Waals surface area (Å²) in [6.45, 7) is 8.00. The Labute approximate surface area is 126 Å². The van der Waals surface area contributed by atoms with Gasteiger partial charge in [0, 0.05) is 6.54 Å². The summed E-state index contributed by atoms with van der Waals surface area (Å²) in [4.78, 5) is 24.4. The molecular weight excluding hydrogens is 272 g/mol. The largest absolute Gasteiger partial charge is 0.395 e. The second-order valence-electron chi connectivity index (χ2n) is 6.29. The second kappa shape index (κ2) is 8.34. The van der Waals surface area contributed by atoms with Crippen LogP contribution in [0, 0.1) is 11.8 Å². The normalized spacial score (nSPS) is 26.7. The Hall–Kier alpha value is -1.14. The quantitative estimate of drug-likeness (QED) is 0.636. The topological polar surface area (TPSA) is 87.7 Å². The van der Waals surface area contributed by atoms with Crippen molar-refractivity contribution in [1.29, 1.82) is 0 Å². The molecule has 0 aromatic rings. The van der Waals surface area contributed by atoms with Crippen molar-refractivity contribution >= 4 is 11.8 Å². The Morgan fingerprint density at radius 3 is 2.48 bits per heavy atom. The third kappa shape index (κ3) is 5.63. The number of carbonyl (C=O) groups excluding carboxylic acids is 2. The fraction of sp³-hybridized carbons (Fsp3) is 0.867. The van der Waals surface area contributed by atoms with E-state index in [-0.39, 0.29) is 42.9 Å². The molecule has 0 aliphatic carbocycles. The highest BCUT2D eigenvalue weighted by Gasteiger charge is 2.36. The molecule has 4 atom stereocenters. The number of hydrogen-bond acceptors (Lipinski definition) is 4. The van der Waals surface area contributed by atoms with Crippen molar-refractivity contribution in [1.82, 2.24) is 10.6 Å².